The van der Waals surface area contributed by atoms with Gasteiger partial charge in [-0.15, -0.1) is 0 Å². The first-order valence-corrected chi connectivity index (χ1v) is 12.1. The van der Waals surface area contributed by atoms with Crippen LogP contribution in [-0.4, -0.2) is 48.0 Å². The molecular formula is C29H31N5O3. The van der Waals surface area contributed by atoms with Crippen LogP contribution < -0.4 is 20.1 Å². The highest BCUT2D eigenvalue weighted by Crippen LogP contribution is 2.34. The summed E-state index contributed by atoms with van der Waals surface area (Å²) >= 11 is 0. The van der Waals surface area contributed by atoms with Gasteiger partial charge < -0.3 is 25.0 Å². The minimum atomic E-state index is -0.322. The van der Waals surface area contributed by atoms with E-state index in [4.69, 9.17) is 9.47 Å². The van der Waals surface area contributed by atoms with Gasteiger partial charge in [-0.3, -0.25) is 4.79 Å². The number of unbranched alkanes of at least 4 members (excludes halogenated alkanes) is 1. The third kappa shape index (κ3) is 7.28. The molecule has 1 amide bonds. The normalized spacial score (nSPS) is 10.8. The van der Waals surface area contributed by atoms with E-state index in [-0.39, 0.29) is 5.91 Å². The molecule has 0 spiro atoms. The van der Waals surface area contributed by atoms with Gasteiger partial charge in [0.05, 0.1) is 17.8 Å². The zero-order valence-corrected chi connectivity index (χ0v) is 21.1. The minimum Gasteiger partial charge on any atom is -0.491 e. The van der Waals surface area contributed by atoms with Crippen molar-refractivity contribution in [3.8, 4) is 17.2 Å². The van der Waals surface area contributed by atoms with Crippen LogP contribution in [0.25, 0.3) is 10.9 Å². The summed E-state index contributed by atoms with van der Waals surface area (Å²) in [6.45, 7) is 5.07. The number of carbonyl (C=O) groups excluding carboxylic acids is 1. The van der Waals surface area contributed by atoms with E-state index in [1.807, 2.05) is 80.8 Å². The Hall–Kier alpha value is -4.43. The lowest BCUT2D eigenvalue weighted by Gasteiger charge is -2.15. The van der Waals surface area contributed by atoms with E-state index in [1.165, 1.54) is 12.4 Å². The number of aromatic nitrogens is 2. The van der Waals surface area contributed by atoms with Crippen molar-refractivity contribution in [3.63, 3.8) is 0 Å². The average Bonchev–Trinajstić information content (AvgIpc) is 2.90. The Bertz CT molecular complexity index is 1340. The van der Waals surface area contributed by atoms with E-state index >= 15 is 0 Å². The second-order valence-electron chi connectivity index (χ2n) is 8.70. The number of hydrogen-bond donors (Lipinski definition) is 2. The van der Waals surface area contributed by atoms with E-state index in [2.05, 4.69) is 32.1 Å². The van der Waals surface area contributed by atoms with Crippen LogP contribution in [0.2, 0.25) is 0 Å². The predicted molar refractivity (Wildman–Crippen MR) is 148 cm³/mol. The van der Waals surface area contributed by atoms with Crippen molar-refractivity contribution >= 4 is 34.0 Å². The number of nitrogens with zero attached hydrogens (tertiary/aromatic N) is 3. The standard InChI is InChI=1S/C29H31N5O3/c1-4-28(35)33-26-18-24-25(19-27(26)36-17-9-8-16-34(2)3)30-20-31-29(24)32-21-12-14-23(15-13-21)37-22-10-6-5-7-11-22/h4-7,10-15,18-20H,1,8-9,16-17H2,2-3H3,(H,33,35)(H,30,31,32). The molecule has 0 aliphatic carbocycles. The van der Waals surface area contributed by atoms with Gasteiger partial charge in [0.15, 0.2) is 0 Å². The molecule has 0 aliphatic rings. The fourth-order valence-electron chi connectivity index (χ4n) is 3.66. The van der Waals surface area contributed by atoms with Gasteiger partial charge in [0.1, 0.15) is 29.4 Å². The molecule has 0 radical (unpaired) electrons. The zero-order chi connectivity index (χ0) is 26.0. The Morgan fingerprint density at radius 3 is 2.49 bits per heavy atom. The summed E-state index contributed by atoms with van der Waals surface area (Å²) < 4.78 is 11.9. The first-order chi connectivity index (χ1) is 18.0. The average molecular weight is 498 g/mol. The van der Waals surface area contributed by atoms with Crippen molar-refractivity contribution in [2.75, 3.05) is 37.9 Å². The number of ether oxygens (including phenoxy) is 2. The van der Waals surface area contributed by atoms with Crippen molar-refractivity contribution in [3.05, 3.63) is 85.7 Å². The van der Waals surface area contributed by atoms with Crippen LogP contribution in [0.4, 0.5) is 17.2 Å². The van der Waals surface area contributed by atoms with E-state index in [9.17, 15) is 4.79 Å². The molecule has 0 fully saturated rings. The fraction of sp³-hybridized carbons (Fsp3) is 0.207. The van der Waals surface area contributed by atoms with Crippen molar-refractivity contribution in [1.82, 2.24) is 14.9 Å². The largest absolute Gasteiger partial charge is 0.491 e. The van der Waals surface area contributed by atoms with Gasteiger partial charge in [-0.25, -0.2) is 9.97 Å². The maximum Gasteiger partial charge on any atom is 0.247 e. The summed E-state index contributed by atoms with van der Waals surface area (Å²) in [4.78, 5) is 23.1. The Morgan fingerprint density at radius 1 is 1.00 bits per heavy atom. The monoisotopic (exact) mass is 497 g/mol. The Morgan fingerprint density at radius 2 is 1.76 bits per heavy atom. The minimum absolute atomic E-state index is 0.322. The summed E-state index contributed by atoms with van der Waals surface area (Å²) in [5.41, 5.74) is 2.06. The summed E-state index contributed by atoms with van der Waals surface area (Å²) in [5.74, 6) is 2.34. The SMILES string of the molecule is C=CC(=O)Nc1cc2c(Nc3ccc(Oc4ccccc4)cc3)ncnc2cc1OCCCCN(C)C. The lowest BCUT2D eigenvalue weighted by Crippen LogP contribution is -2.14. The molecule has 8 heteroatoms. The molecule has 0 atom stereocenters. The Kier molecular flexibility index (Phi) is 8.67. The van der Waals surface area contributed by atoms with Crippen molar-refractivity contribution in [2.24, 2.45) is 0 Å². The smallest absolute Gasteiger partial charge is 0.247 e. The number of hydrogen-bond acceptors (Lipinski definition) is 7. The van der Waals surface area contributed by atoms with Gasteiger partial charge in [0, 0.05) is 17.1 Å². The second kappa shape index (κ2) is 12.5. The topological polar surface area (TPSA) is 88.6 Å². The van der Waals surface area contributed by atoms with Crippen molar-refractivity contribution in [2.45, 2.75) is 12.8 Å². The molecule has 8 nitrogen and oxygen atoms in total. The van der Waals surface area contributed by atoms with Gasteiger partial charge in [-0.2, -0.15) is 0 Å². The maximum absolute atomic E-state index is 12.1. The van der Waals surface area contributed by atoms with Crippen molar-refractivity contribution < 1.29 is 14.3 Å². The number of nitrogens with one attached hydrogen (secondary N) is 2. The zero-order valence-electron chi connectivity index (χ0n) is 21.1. The van der Waals surface area contributed by atoms with Crippen LogP contribution >= 0.6 is 0 Å². The summed E-state index contributed by atoms with van der Waals surface area (Å²) in [5, 5.41) is 6.92. The highest BCUT2D eigenvalue weighted by Gasteiger charge is 2.13. The Labute approximate surface area is 217 Å². The van der Waals surface area contributed by atoms with Crippen LogP contribution in [0.1, 0.15) is 12.8 Å². The molecular weight excluding hydrogens is 466 g/mol. The lowest BCUT2D eigenvalue weighted by molar-refractivity contribution is -0.111. The Balaban J connectivity index is 1.54. The number of para-hydroxylation sites is 1. The molecule has 0 saturated carbocycles. The van der Waals surface area contributed by atoms with Gasteiger partial charge in [0.2, 0.25) is 5.91 Å². The molecule has 190 valence electrons. The molecule has 1 aromatic heterocycles. The van der Waals surface area contributed by atoms with Crippen LogP contribution in [0.15, 0.2) is 85.7 Å². The number of amides is 1. The van der Waals surface area contributed by atoms with Gasteiger partial charge >= 0.3 is 0 Å². The van der Waals surface area contributed by atoms with Crippen molar-refractivity contribution in [1.29, 1.82) is 0 Å². The molecule has 4 rings (SSSR count). The quantitative estimate of drug-likeness (QED) is 0.183. The highest BCUT2D eigenvalue weighted by molar-refractivity contribution is 6.03. The number of rotatable bonds is 12. The molecule has 37 heavy (non-hydrogen) atoms. The molecule has 0 unspecified atom stereocenters. The third-order valence-corrected chi connectivity index (χ3v) is 5.53. The first kappa shape index (κ1) is 25.7. The van der Waals surface area contributed by atoms with E-state index in [0.717, 1.165) is 42.0 Å². The number of fused-ring (bicyclic) bond motifs is 1. The summed E-state index contributed by atoms with van der Waals surface area (Å²) in [6.07, 6.45) is 4.64. The highest BCUT2D eigenvalue weighted by atomic mass is 16.5. The van der Waals surface area contributed by atoms with Crippen LogP contribution in [0.3, 0.4) is 0 Å². The number of anilines is 3. The fourth-order valence-corrected chi connectivity index (χ4v) is 3.66. The second-order valence-corrected chi connectivity index (χ2v) is 8.70. The molecule has 0 saturated heterocycles. The van der Waals surface area contributed by atoms with Crippen LogP contribution in [0, 0.1) is 0 Å². The van der Waals surface area contributed by atoms with E-state index in [1.54, 1.807) is 0 Å². The molecule has 1 heterocycles. The molecule has 4 aromatic rings. The maximum atomic E-state index is 12.1. The van der Waals surface area contributed by atoms with Gasteiger partial charge in [-0.1, -0.05) is 24.8 Å². The number of benzene rings is 3. The molecule has 0 aliphatic heterocycles. The predicted octanol–water partition coefficient (Wildman–Crippen LogP) is 6.01. The number of carbonyl (C=O) groups is 1. The van der Waals surface area contributed by atoms with Gasteiger partial charge in [-0.05, 0) is 82.0 Å². The van der Waals surface area contributed by atoms with E-state index < -0.39 is 0 Å². The van der Waals surface area contributed by atoms with Crippen LogP contribution in [0.5, 0.6) is 17.2 Å². The third-order valence-electron chi connectivity index (χ3n) is 5.53. The summed E-state index contributed by atoms with van der Waals surface area (Å²) in [7, 11) is 4.09. The lowest BCUT2D eigenvalue weighted by atomic mass is 10.1. The van der Waals surface area contributed by atoms with E-state index in [0.29, 0.717) is 29.4 Å². The molecule has 2 N–H and O–H groups in total. The molecule has 0 bridgehead atoms. The van der Waals surface area contributed by atoms with Gasteiger partial charge in [0.25, 0.3) is 0 Å². The van der Waals surface area contributed by atoms with Crippen LogP contribution in [-0.2, 0) is 4.79 Å². The molecule has 3 aromatic carbocycles. The summed E-state index contributed by atoms with van der Waals surface area (Å²) in [6, 6.07) is 20.9. The first-order valence-electron chi connectivity index (χ1n) is 12.1.